The molecule has 0 saturated heterocycles. The number of aromatic carboxylic acids is 1. The van der Waals surface area contributed by atoms with Crippen LogP contribution >= 0.6 is 0 Å². The summed E-state index contributed by atoms with van der Waals surface area (Å²) < 4.78 is 1.63. The van der Waals surface area contributed by atoms with Crippen LogP contribution in [0.3, 0.4) is 0 Å². The Morgan fingerprint density at radius 3 is 2.53 bits per heavy atom. The topological polar surface area (TPSA) is 68.0 Å². The lowest BCUT2D eigenvalue weighted by atomic mass is 10.1. The summed E-state index contributed by atoms with van der Waals surface area (Å²) >= 11 is 0. The van der Waals surface area contributed by atoms with Gasteiger partial charge in [0, 0.05) is 11.4 Å². The van der Waals surface area contributed by atoms with E-state index in [1.165, 1.54) is 0 Å². The summed E-state index contributed by atoms with van der Waals surface area (Å²) in [5.74, 6) is -0.610. The average Bonchev–Trinajstić information content (AvgIpc) is 2.63. The molecule has 0 atom stereocenters. The van der Waals surface area contributed by atoms with Gasteiger partial charge in [0.15, 0.2) is 5.82 Å². The van der Waals surface area contributed by atoms with Crippen LogP contribution in [0.1, 0.15) is 39.9 Å². The zero-order valence-electron chi connectivity index (χ0n) is 11.6. The molecule has 2 aromatic heterocycles. The number of aryl methyl sites for hydroxylation is 2. The first-order valence-electron chi connectivity index (χ1n) is 6.22. The standard InChI is InChI=1S/C14H17N3O2/c1-5-11-9(3)16-17(10(11)4)13-12(14(18)19)7-6-8(2)15-13/h6-7H,5H2,1-4H3,(H,18,19). The lowest BCUT2D eigenvalue weighted by Gasteiger charge is -2.08. The minimum atomic E-state index is -0.992. The highest BCUT2D eigenvalue weighted by Gasteiger charge is 2.18. The molecule has 5 heteroatoms. The summed E-state index contributed by atoms with van der Waals surface area (Å²) in [6, 6.07) is 3.27. The van der Waals surface area contributed by atoms with Crippen LogP contribution in [0.25, 0.3) is 5.82 Å². The highest BCUT2D eigenvalue weighted by Crippen LogP contribution is 2.20. The Morgan fingerprint density at radius 1 is 1.32 bits per heavy atom. The highest BCUT2D eigenvalue weighted by molar-refractivity contribution is 5.91. The van der Waals surface area contributed by atoms with E-state index in [0.717, 1.165) is 29.1 Å². The summed E-state index contributed by atoms with van der Waals surface area (Å²) in [5.41, 5.74) is 3.93. The number of rotatable bonds is 3. The van der Waals surface area contributed by atoms with Crippen molar-refractivity contribution in [1.29, 1.82) is 0 Å². The van der Waals surface area contributed by atoms with Gasteiger partial charge in [0.2, 0.25) is 0 Å². The van der Waals surface area contributed by atoms with E-state index in [9.17, 15) is 9.90 Å². The Bertz CT molecular complexity index is 644. The monoisotopic (exact) mass is 259 g/mol. The van der Waals surface area contributed by atoms with Gasteiger partial charge in [0.05, 0.1) is 5.69 Å². The molecule has 0 aliphatic carbocycles. The van der Waals surface area contributed by atoms with Gasteiger partial charge < -0.3 is 5.11 Å². The summed E-state index contributed by atoms with van der Waals surface area (Å²) in [5, 5.41) is 13.7. The average molecular weight is 259 g/mol. The third kappa shape index (κ3) is 2.23. The molecule has 0 amide bonds. The number of carboxylic acids is 1. The maximum atomic E-state index is 11.3. The Balaban J connectivity index is 2.71. The normalized spacial score (nSPS) is 10.7. The molecule has 19 heavy (non-hydrogen) atoms. The molecule has 2 rings (SSSR count). The van der Waals surface area contributed by atoms with Crippen LogP contribution in [-0.2, 0) is 6.42 Å². The molecular formula is C14H17N3O2. The van der Waals surface area contributed by atoms with E-state index in [4.69, 9.17) is 0 Å². The summed E-state index contributed by atoms with van der Waals surface area (Å²) in [7, 11) is 0. The van der Waals surface area contributed by atoms with Crippen molar-refractivity contribution in [3.8, 4) is 5.82 Å². The van der Waals surface area contributed by atoms with Crippen molar-refractivity contribution in [1.82, 2.24) is 14.8 Å². The SMILES string of the molecule is CCc1c(C)nn(-c2nc(C)ccc2C(=O)O)c1C. The second-order valence-corrected chi connectivity index (χ2v) is 4.54. The van der Waals surface area contributed by atoms with Gasteiger partial charge in [-0.1, -0.05) is 6.92 Å². The van der Waals surface area contributed by atoms with Gasteiger partial charge in [0.1, 0.15) is 5.56 Å². The maximum Gasteiger partial charge on any atom is 0.339 e. The fourth-order valence-electron chi connectivity index (χ4n) is 2.26. The Labute approximate surface area is 111 Å². The van der Waals surface area contributed by atoms with E-state index in [1.807, 2.05) is 20.8 Å². The fourth-order valence-corrected chi connectivity index (χ4v) is 2.26. The Hall–Kier alpha value is -2.17. The van der Waals surface area contributed by atoms with Crippen molar-refractivity contribution < 1.29 is 9.90 Å². The van der Waals surface area contributed by atoms with Gasteiger partial charge in [0.25, 0.3) is 0 Å². The summed E-state index contributed by atoms with van der Waals surface area (Å²) in [4.78, 5) is 15.6. The predicted octanol–water partition coefficient (Wildman–Crippen LogP) is 2.45. The molecule has 0 unspecified atom stereocenters. The molecule has 2 heterocycles. The van der Waals surface area contributed by atoms with Crippen LogP contribution in [0.15, 0.2) is 12.1 Å². The lowest BCUT2D eigenvalue weighted by Crippen LogP contribution is -2.11. The maximum absolute atomic E-state index is 11.3. The minimum absolute atomic E-state index is 0.166. The van der Waals surface area contributed by atoms with Crippen molar-refractivity contribution in [3.05, 3.63) is 40.3 Å². The molecule has 2 aromatic rings. The molecule has 0 aromatic carbocycles. The number of hydrogen-bond acceptors (Lipinski definition) is 3. The van der Waals surface area contributed by atoms with Crippen LogP contribution in [0.5, 0.6) is 0 Å². The van der Waals surface area contributed by atoms with Crippen molar-refractivity contribution in [2.45, 2.75) is 34.1 Å². The van der Waals surface area contributed by atoms with Gasteiger partial charge in [-0.05, 0) is 44.9 Å². The number of pyridine rings is 1. The van der Waals surface area contributed by atoms with Gasteiger partial charge in [-0.15, -0.1) is 0 Å². The van der Waals surface area contributed by atoms with E-state index < -0.39 is 5.97 Å². The first-order chi connectivity index (χ1) is 8.95. The third-order valence-electron chi connectivity index (χ3n) is 3.24. The quantitative estimate of drug-likeness (QED) is 0.919. The molecule has 0 saturated carbocycles. The summed E-state index contributed by atoms with van der Waals surface area (Å²) in [6.07, 6.45) is 0.867. The van der Waals surface area contributed by atoms with Gasteiger partial charge in [-0.3, -0.25) is 0 Å². The minimum Gasteiger partial charge on any atom is -0.478 e. The van der Waals surface area contributed by atoms with Crippen molar-refractivity contribution in [2.24, 2.45) is 0 Å². The van der Waals surface area contributed by atoms with Crippen molar-refractivity contribution in [3.63, 3.8) is 0 Å². The molecule has 0 spiro atoms. The zero-order valence-corrected chi connectivity index (χ0v) is 11.6. The molecule has 0 radical (unpaired) electrons. The molecule has 5 nitrogen and oxygen atoms in total. The largest absolute Gasteiger partial charge is 0.478 e. The summed E-state index contributed by atoms with van der Waals surface area (Å²) in [6.45, 7) is 7.76. The number of hydrogen-bond donors (Lipinski definition) is 1. The predicted molar refractivity (Wildman–Crippen MR) is 71.9 cm³/mol. The number of nitrogens with zero attached hydrogens (tertiary/aromatic N) is 3. The van der Waals surface area contributed by atoms with Gasteiger partial charge in [-0.25, -0.2) is 14.5 Å². The van der Waals surface area contributed by atoms with Crippen LogP contribution in [0, 0.1) is 20.8 Å². The first kappa shape index (κ1) is 13.3. The van der Waals surface area contributed by atoms with E-state index in [1.54, 1.807) is 16.8 Å². The second kappa shape index (κ2) is 4.84. The smallest absolute Gasteiger partial charge is 0.339 e. The van der Waals surface area contributed by atoms with Crippen LogP contribution in [0.2, 0.25) is 0 Å². The first-order valence-corrected chi connectivity index (χ1v) is 6.22. The second-order valence-electron chi connectivity index (χ2n) is 4.54. The molecule has 0 fully saturated rings. The Kier molecular flexibility index (Phi) is 3.38. The molecule has 0 aliphatic heterocycles. The van der Waals surface area contributed by atoms with Gasteiger partial charge in [-0.2, -0.15) is 5.10 Å². The molecule has 1 N–H and O–H groups in total. The zero-order chi connectivity index (χ0) is 14.2. The van der Waals surface area contributed by atoms with E-state index in [2.05, 4.69) is 17.0 Å². The van der Waals surface area contributed by atoms with Crippen LogP contribution in [0.4, 0.5) is 0 Å². The number of carbonyl (C=O) groups is 1. The highest BCUT2D eigenvalue weighted by atomic mass is 16.4. The van der Waals surface area contributed by atoms with Crippen molar-refractivity contribution in [2.75, 3.05) is 0 Å². The number of carboxylic acid groups (broad SMARTS) is 1. The fraction of sp³-hybridized carbons (Fsp3) is 0.357. The molecule has 100 valence electrons. The van der Waals surface area contributed by atoms with Crippen molar-refractivity contribution >= 4 is 5.97 Å². The van der Waals surface area contributed by atoms with Crippen LogP contribution in [-0.4, -0.2) is 25.8 Å². The molecular weight excluding hydrogens is 242 g/mol. The van der Waals surface area contributed by atoms with E-state index in [0.29, 0.717) is 5.82 Å². The molecule has 0 bridgehead atoms. The molecule has 0 aliphatic rings. The van der Waals surface area contributed by atoms with Gasteiger partial charge >= 0.3 is 5.97 Å². The lowest BCUT2D eigenvalue weighted by molar-refractivity contribution is 0.0696. The van der Waals surface area contributed by atoms with Crippen LogP contribution < -0.4 is 0 Å². The van der Waals surface area contributed by atoms with E-state index in [-0.39, 0.29) is 5.56 Å². The third-order valence-corrected chi connectivity index (χ3v) is 3.24. The number of aromatic nitrogens is 3. The van der Waals surface area contributed by atoms with E-state index >= 15 is 0 Å². The Morgan fingerprint density at radius 2 is 2.00 bits per heavy atom.